The molecule has 0 heterocycles. The van der Waals surface area contributed by atoms with Gasteiger partial charge in [0.1, 0.15) is 0 Å². The van der Waals surface area contributed by atoms with Gasteiger partial charge >= 0.3 is 0 Å². The van der Waals surface area contributed by atoms with Gasteiger partial charge in [-0.05, 0) is 31.7 Å². The predicted octanol–water partition coefficient (Wildman–Crippen LogP) is 2.51. The summed E-state index contributed by atoms with van der Waals surface area (Å²) < 4.78 is 0. The van der Waals surface area contributed by atoms with Gasteiger partial charge in [0.05, 0.1) is 22.7 Å². The van der Waals surface area contributed by atoms with E-state index in [9.17, 15) is 0 Å². The fraction of sp³-hybridized carbons (Fsp3) is 0.417. The second-order valence-electron chi connectivity index (χ2n) is 4.08. The minimum atomic E-state index is 0.0367. The van der Waals surface area contributed by atoms with Crippen LogP contribution >= 0.6 is 11.6 Å². The van der Waals surface area contributed by atoms with Crippen molar-refractivity contribution >= 4 is 17.3 Å². The van der Waals surface area contributed by atoms with Crippen molar-refractivity contribution in [2.75, 3.05) is 19.3 Å². The Labute approximate surface area is 101 Å². The number of anilines is 1. The number of hydrogen-bond donors (Lipinski definition) is 1. The molecule has 1 aromatic carbocycles. The van der Waals surface area contributed by atoms with Crippen LogP contribution in [-0.2, 0) is 6.54 Å². The maximum absolute atomic E-state index is 8.72. The summed E-state index contributed by atoms with van der Waals surface area (Å²) in [5.74, 6) is 0.0367. The monoisotopic (exact) mass is 237 g/mol. The van der Waals surface area contributed by atoms with E-state index in [4.69, 9.17) is 22.6 Å². The topological polar surface area (TPSA) is 53.0 Å². The van der Waals surface area contributed by atoms with Gasteiger partial charge in [-0.25, -0.2) is 0 Å². The van der Waals surface area contributed by atoms with Crippen LogP contribution in [-0.4, -0.2) is 18.5 Å². The molecule has 1 atom stereocenters. The molecule has 16 heavy (non-hydrogen) atoms. The normalized spacial score (nSPS) is 12.4. The second-order valence-corrected chi connectivity index (χ2v) is 4.49. The predicted molar refractivity (Wildman–Crippen MR) is 67.0 cm³/mol. The van der Waals surface area contributed by atoms with Crippen molar-refractivity contribution in [2.45, 2.75) is 13.5 Å². The Morgan fingerprint density at radius 1 is 1.56 bits per heavy atom. The maximum atomic E-state index is 8.72. The maximum Gasteiger partial charge on any atom is 0.0666 e. The average molecular weight is 238 g/mol. The van der Waals surface area contributed by atoms with E-state index in [1.165, 1.54) is 0 Å². The molecule has 0 aliphatic heterocycles. The number of nitriles is 1. The van der Waals surface area contributed by atoms with Crippen molar-refractivity contribution in [2.24, 2.45) is 5.92 Å². The van der Waals surface area contributed by atoms with Crippen molar-refractivity contribution in [3.63, 3.8) is 0 Å². The van der Waals surface area contributed by atoms with E-state index in [0.717, 1.165) is 18.7 Å². The van der Waals surface area contributed by atoms with Gasteiger partial charge in [0.15, 0.2) is 0 Å². The molecule has 0 spiro atoms. The van der Waals surface area contributed by atoms with Gasteiger partial charge in [0, 0.05) is 13.1 Å². The minimum Gasteiger partial charge on any atom is -0.398 e. The highest BCUT2D eigenvalue weighted by atomic mass is 35.5. The molecule has 0 bridgehead atoms. The highest BCUT2D eigenvalue weighted by Gasteiger charge is 2.06. The zero-order valence-electron chi connectivity index (χ0n) is 9.57. The summed E-state index contributed by atoms with van der Waals surface area (Å²) in [6, 6.07) is 7.84. The van der Waals surface area contributed by atoms with Gasteiger partial charge < -0.3 is 10.6 Å². The molecular weight excluding hydrogens is 222 g/mol. The summed E-state index contributed by atoms with van der Waals surface area (Å²) in [5.41, 5.74) is 7.43. The van der Waals surface area contributed by atoms with Crippen LogP contribution in [0.4, 0.5) is 5.69 Å². The molecule has 0 aromatic heterocycles. The Kier molecular flexibility index (Phi) is 4.60. The minimum absolute atomic E-state index is 0.0367. The van der Waals surface area contributed by atoms with Crippen LogP contribution in [0.1, 0.15) is 12.5 Å². The highest BCUT2D eigenvalue weighted by molar-refractivity contribution is 6.33. The zero-order valence-corrected chi connectivity index (χ0v) is 10.3. The summed E-state index contributed by atoms with van der Waals surface area (Å²) in [4.78, 5) is 2.09. The number of halogens is 1. The third kappa shape index (κ3) is 3.73. The second kappa shape index (κ2) is 5.74. The lowest BCUT2D eigenvalue weighted by molar-refractivity contribution is 0.303. The molecule has 1 unspecified atom stereocenters. The quantitative estimate of drug-likeness (QED) is 0.819. The van der Waals surface area contributed by atoms with E-state index in [1.54, 1.807) is 6.07 Å². The van der Waals surface area contributed by atoms with E-state index in [0.29, 0.717) is 10.7 Å². The Hall–Kier alpha value is -1.24. The Morgan fingerprint density at radius 3 is 2.81 bits per heavy atom. The molecule has 86 valence electrons. The van der Waals surface area contributed by atoms with Gasteiger partial charge in [-0.2, -0.15) is 5.26 Å². The lowest BCUT2D eigenvalue weighted by Crippen LogP contribution is -2.23. The smallest absolute Gasteiger partial charge is 0.0666 e. The van der Waals surface area contributed by atoms with Gasteiger partial charge in [0.2, 0.25) is 0 Å². The number of rotatable bonds is 4. The molecule has 0 aliphatic rings. The van der Waals surface area contributed by atoms with E-state index in [2.05, 4.69) is 11.0 Å². The van der Waals surface area contributed by atoms with Crippen LogP contribution in [0.5, 0.6) is 0 Å². The van der Waals surface area contributed by atoms with Gasteiger partial charge in [-0.3, -0.25) is 0 Å². The first-order valence-electron chi connectivity index (χ1n) is 5.15. The molecule has 0 saturated carbocycles. The molecule has 0 saturated heterocycles. The van der Waals surface area contributed by atoms with E-state index >= 15 is 0 Å². The van der Waals surface area contributed by atoms with Crippen molar-refractivity contribution in [1.29, 1.82) is 5.26 Å². The van der Waals surface area contributed by atoms with Crippen molar-refractivity contribution < 1.29 is 0 Å². The van der Waals surface area contributed by atoms with Gasteiger partial charge in [0.25, 0.3) is 0 Å². The van der Waals surface area contributed by atoms with Crippen LogP contribution in [0, 0.1) is 17.2 Å². The molecule has 2 N–H and O–H groups in total. The number of benzene rings is 1. The first kappa shape index (κ1) is 12.8. The molecule has 4 heteroatoms. The fourth-order valence-corrected chi connectivity index (χ4v) is 1.69. The lowest BCUT2D eigenvalue weighted by Gasteiger charge is -2.18. The fourth-order valence-electron chi connectivity index (χ4n) is 1.58. The largest absolute Gasteiger partial charge is 0.398 e. The highest BCUT2D eigenvalue weighted by Crippen LogP contribution is 2.20. The summed E-state index contributed by atoms with van der Waals surface area (Å²) >= 11 is 5.84. The Bertz CT molecular complexity index is 398. The first-order valence-corrected chi connectivity index (χ1v) is 5.52. The Balaban J connectivity index is 2.60. The summed E-state index contributed by atoms with van der Waals surface area (Å²) in [7, 11) is 1.98. The first-order chi connectivity index (χ1) is 7.52. The molecule has 1 rings (SSSR count). The lowest BCUT2D eigenvalue weighted by atomic mass is 10.1. The summed E-state index contributed by atoms with van der Waals surface area (Å²) in [6.45, 7) is 3.43. The van der Waals surface area contributed by atoms with Gasteiger partial charge in [-0.1, -0.05) is 17.7 Å². The van der Waals surface area contributed by atoms with E-state index in [1.807, 2.05) is 26.1 Å². The molecule has 3 nitrogen and oxygen atoms in total. The summed E-state index contributed by atoms with van der Waals surface area (Å²) in [6.07, 6.45) is 0. The SMILES string of the molecule is CC(C#N)CN(C)Cc1ccc(Cl)c(N)c1. The molecular formula is C12H16ClN3. The van der Waals surface area contributed by atoms with Crippen LogP contribution in [0.25, 0.3) is 0 Å². The number of nitrogen functional groups attached to an aromatic ring is 1. The van der Waals surface area contributed by atoms with Crippen LogP contribution in [0.3, 0.4) is 0 Å². The number of nitrogens with two attached hydrogens (primary N) is 1. The molecule has 0 amide bonds. The number of nitrogens with zero attached hydrogens (tertiary/aromatic N) is 2. The third-order valence-electron chi connectivity index (χ3n) is 2.32. The van der Waals surface area contributed by atoms with Crippen LogP contribution < -0.4 is 5.73 Å². The van der Waals surface area contributed by atoms with E-state index < -0.39 is 0 Å². The molecule has 0 radical (unpaired) electrons. The van der Waals surface area contributed by atoms with Crippen molar-refractivity contribution in [1.82, 2.24) is 4.90 Å². The molecule has 0 fully saturated rings. The average Bonchev–Trinajstić information content (AvgIpc) is 2.23. The molecule has 1 aromatic rings. The molecule has 0 aliphatic carbocycles. The van der Waals surface area contributed by atoms with Crippen molar-refractivity contribution in [3.8, 4) is 6.07 Å². The van der Waals surface area contributed by atoms with Crippen LogP contribution in [0.15, 0.2) is 18.2 Å². The number of hydrogen-bond acceptors (Lipinski definition) is 3. The van der Waals surface area contributed by atoms with Crippen LogP contribution in [0.2, 0.25) is 5.02 Å². The Morgan fingerprint density at radius 2 is 2.25 bits per heavy atom. The van der Waals surface area contributed by atoms with Gasteiger partial charge in [-0.15, -0.1) is 0 Å². The van der Waals surface area contributed by atoms with E-state index in [-0.39, 0.29) is 5.92 Å². The standard InChI is InChI=1S/C12H16ClN3/c1-9(6-14)7-16(2)8-10-3-4-11(13)12(15)5-10/h3-5,9H,7-8,15H2,1-2H3. The third-order valence-corrected chi connectivity index (χ3v) is 2.66. The summed E-state index contributed by atoms with van der Waals surface area (Å²) in [5, 5.41) is 9.30. The van der Waals surface area contributed by atoms with Crippen molar-refractivity contribution in [3.05, 3.63) is 28.8 Å². The zero-order chi connectivity index (χ0) is 12.1.